The Morgan fingerprint density at radius 2 is 1.74 bits per heavy atom. The number of carbonyl (C=O) groups is 2. The van der Waals surface area contributed by atoms with Crippen LogP contribution in [0.25, 0.3) is 11.5 Å². The molecule has 1 N–H and O–H groups in total. The van der Waals surface area contributed by atoms with Gasteiger partial charge < -0.3 is 9.73 Å². The summed E-state index contributed by atoms with van der Waals surface area (Å²) in [6, 6.07) is 13.1. The van der Waals surface area contributed by atoms with Crippen molar-refractivity contribution in [2.75, 3.05) is 5.32 Å². The lowest BCUT2D eigenvalue weighted by Crippen LogP contribution is -2.16. The van der Waals surface area contributed by atoms with Gasteiger partial charge in [-0.3, -0.25) is 9.59 Å². The number of amides is 1. The first-order valence-corrected chi connectivity index (χ1v) is 8.78. The highest BCUT2D eigenvalue weighted by molar-refractivity contribution is 5.98. The summed E-state index contributed by atoms with van der Waals surface area (Å²) in [5.41, 5.74) is 4.72. The number of Topliss-reactive ketones (excluding diaryl/α,β-unsaturated/α-hetero) is 1. The van der Waals surface area contributed by atoms with Gasteiger partial charge in [0, 0.05) is 16.8 Å². The van der Waals surface area contributed by atoms with E-state index in [-0.39, 0.29) is 18.1 Å². The summed E-state index contributed by atoms with van der Waals surface area (Å²) in [7, 11) is 0. The Balaban J connectivity index is 1.76. The molecule has 0 aliphatic rings. The van der Waals surface area contributed by atoms with Crippen LogP contribution in [0, 0.1) is 20.8 Å². The highest BCUT2D eigenvalue weighted by atomic mass is 16.4. The summed E-state index contributed by atoms with van der Waals surface area (Å²) >= 11 is 0. The molecule has 0 aliphatic heterocycles. The molecule has 0 spiro atoms. The lowest BCUT2D eigenvalue weighted by atomic mass is 10.1. The number of hydrogen-bond acceptors (Lipinski definition) is 4. The molecule has 3 rings (SSSR count). The summed E-state index contributed by atoms with van der Waals surface area (Å²) in [6.45, 7) is 7.20. The maximum absolute atomic E-state index is 12.5. The van der Waals surface area contributed by atoms with E-state index in [1.807, 2.05) is 44.2 Å². The van der Waals surface area contributed by atoms with Crippen LogP contribution >= 0.6 is 0 Å². The molecule has 2 aromatic carbocycles. The first-order valence-electron chi connectivity index (χ1n) is 8.78. The molecule has 1 aromatic heterocycles. The lowest BCUT2D eigenvalue weighted by Gasteiger charge is -2.09. The van der Waals surface area contributed by atoms with Gasteiger partial charge in [0.15, 0.2) is 5.78 Å². The first-order chi connectivity index (χ1) is 12.8. The molecular weight excluding hydrogens is 340 g/mol. The number of anilines is 1. The molecule has 0 saturated heterocycles. The predicted molar refractivity (Wildman–Crippen MR) is 105 cm³/mol. The number of ketones is 1. The zero-order valence-corrected chi connectivity index (χ0v) is 15.9. The largest absolute Gasteiger partial charge is 0.441 e. The van der Waals surface area contributed by atoms with Gasteiger partial charge >= 0.3 is 0 Å². The highest BCUT2D eigenvalue weighted by Crippen LogP contribution is 2.23. The first kappa shape index (κ1) is 18.6. The van der Waals surface area contributed by atoms with Gasteiger partial charge in [-0.15, -0.1) is 0 Å². The minimum Gasteiger partial charge on any atom is -0.441 e. The molecule has 0 atom stereocenters. The summed E-state index contributed by atoms with van der Waals surface area (Å²) in [4.78, 5) is 28.5. The Labute approximate surface area is 158 Å². The zero-order valence-electron chi connectivity index (χ0n) is 15.9. The van der Waals surface area contributed by atoms with Crippen molar-refractivity contribution in [2.24, 2.45) is 0 Å². The third-order valence-electron chi connectivity index (χ3n) is 4.44. The van der Waals surface area contributed by atoms with Crippen molar-refractivity contribution in [3.05, 3.63) is 70.6 Å². The summed E-state index contributed by atoms with van der Waals surface area (Å²) in [6.07, 6.45) is 0.102. The molecule has 3 aromatic rings. The maximum atomic E-state index is 12.5. The molecule has 0 fully saturated rings. The summed E-state index contributed by atoms with van der Waals surface area (Å²) < 4.78 is 5.73. The van der Waals surface area contributed by atoms with Crippen LogP contribution in [0.15, 0.2) is 46.9 Å². The molecule has 138 valence electrons. The number of benzene rings is 2. The highest BCUT2D eigenvalue weighted by Gasteiger charge is 2.16. The second-order valence-electron chi connectivity index (χ2n) is 6.70. The van der Waals surface area contributed by atoms with Gasteiger partial charge in [-0.2, -0.15) is 0 Å². The zero-order chi connectivity index (χ0) is 19.6. The molecule has 5 heteroatoms. The van der Waals surface area contributed by atoms with Crippen molar-refractivity contribution < 1.29 is 14.0 Å². The Bertz CT molecular complexity index is 1000. The number of rotatable bonds is 5. The molecule has 0 aliphatic carbocycles. The minimum absolute atomic E-state index is 0.0411. The van der Waals surface area contributed by atoms with Crippen LogP contribution in [-0.2, 0) is 11.2 Å². The molecule has 0 bridgehead atoms. The van der Waals surface area contributed by atoms with Crippen LogP contribution in [0.1, 0.15) is 39.9 Å². The molecule has 0 radical (unpaired) electrons. The molecule has 0 unspecified atom stereocenters. The van der Waals surface area contributed by atoms with Gasteiger partial charge in [-0.05, 0) is 51.5 Å². The fraction of sp³-hybridized carbons (Fsp3) is 0.227. The Morgan fingerprint density at radius 1 is 1.04 bits per heavy atom. The van der Waals surface area contributed by atoms with Gasteiger partial charge in [-0.1, -0.05) is 29.8 Å². The standard InChI is InChI=1S/C22H22N2O3/c1-13-5-8-17(9-6-13)22-24-20(16(4)27-22)12-21(26)23-19-11-18(15(3)25)10-7-14(19)2/h5-11H,12H2,1-4H3,(H,23,26). The number of oxazole rings is 1. The fourth-order valence-electron chi connectivity index (χ4n) is 2.73. The average molecular weight is 362 g/mol. The lowest BCUT2D eigenvalue weighted by molar-refractivity contribution is -0.115. The summed E-state index contributed by atoms with van der Waals surface area (Å²) in [5.74, 6) is 0.881. The van der Waals surface area contributed by atoms with Crippen molar-refractivity contribution in [1.82, 2.24) is 4.98 Å². The van der Waals surface area contributed by atoms with Crippen molar-refractivity contribution in [2.45, 2.75) is 34.1 Å². The Morgan fingerprint density at radius 3 is 2.41 bits per heavy atom. The van der Waals surface area contributed by atoms with Crippen LogP contribution in [0.4, 0.5) is 5.69 Å². The maximum Gasteiger partial charge on any atom is 0.230 e. The second kappa shape index (κ2) is 7.58. The molecule has 1 heterocycles. The predicted octanol–water partition coefficient (Wildman–Crippen LogP) is 4.65. The van der Waals surface area contributed by atoms with Crippen molar-refractivity contribution in [1.29, 1.82) is 0 Å². The van der Waals surface area contributed by atoms with Gasteiger partial charge in [0.1, 0.15) is 5.76 Å². The van der Waals surface area contributed by atoms with Crippen LogP contribution in [0.5, 0.6) is 0 Å². The SMILES string of the molecule is CC(=O)c1ccc(C)c(NC(=O)Cc2nc(-c3ccc(C)cc3)oc2C)c1. The Hall–Kier alpha value is -3.21. The number of nitrogens with one attached hydrogen (secondary N) is 1. The van der Waals surface area contributed by atoms with Crippen LogP contribution in [0.2, 0.25) is 0 Å². The van der Waals surface area contributed by atoms with E-state index in [0.29, 0.717) is 28.6 Å². The molecular formula is C22H22N2O3. The van der Waals surface area contributed by atoms with E-state index < -0.39 is 0 Å². The smallest absolute Gasteiger partial charge is 0.230 e. The quantitative estimate of drug-likeness (QED) is 0.671. The number of hydrogen-bond donors (Lipinski definition) is 1. The van der Waals surface area contributed by atoms with Crippen LogP contribution in [-0.4, -0.2) is 16.7 Å². The topological polar surface area (TPSA) is 72.2 Å². The van der Waals surface area contributed by atoms with Gasteiger partial charge in [0.25, 0.3) is 0 Å². The molecule has 27 heavy (non-hydrogen) atoms. The van der Waals surface area contributed by atoms with Crippen molar-refractivity contribution >= 4 is 17.4 Å². The van der Waals surface area contributed by atoms with E-state index >= 15 is 0 Å². The van der Waals surface area contributed by atoms with Crippen molar-refractivity contribution in [3.63, 3.8) is 0 Å². The number of aromatic nitrogens is 1. The van der Waals surface area contributed by atoms with Crippen molar-refractivity contribution in [3.8, 4) is 11.5 Å². The van der Waals surface area contributed by atoms with Gasteiger partial charge in [0.2, 0.25) is 11.8 Å². The van der Waals surface area contributed by atoms with Gasteiger partial charge in [0.05, 0.1) is 12.1 Å². The van der Waals surface area contributed by atoms with E-state index in [2.05, 4.69) is 10.3 Å². The molecule has 5 nitrogen and oxygen atoms in total. The van der Waals surface area contributed by atoms with E-state index in [0.717, 1.165) is 16.7 Å². The van der Waals surface area contributed by atoms with E-state index in [4.69, 9.17) is 4.42 Å². The molecule has 0 saturated carbocycles. The second-order valence-corrected chi connectivity index (χ2v) is 6.70. The minimum atomic E-state index is -0.203. The number of nitrogens with zero attached hydrogens (tertiary/aromatic N) is 1. The third-order valence-corrected chi connectivity index (χ3v) is 4.44. The van der Waals surface area contributed by atoms with E-state index in [1.165, 1.54) is 6.92 Å². The fourth-order valence-corrected chi connectivity index (χ4v) is 2.73. The van der Waals surface area contributed by atoms with E-state index in [1.54, 1.807) is 19.1 Å². The average Bonchev–Trinajstić information content (AvgIpc) is 2.97. The summed E-state index contributed by atoms with van der Waals surface area (Å²) in [5, 5.41) is 2.86. The third kappa shape index (κ3) is 4.31. The molecule has 1 amide bonds. The number of aryl methyl sites for hydroxylation is 3. The normalized spacial score (nSPS) is 10.7. The van der Waals surface area contributed by atoms with Crippen LogP contribution < -0.4 is 5.32 Å². The van der Waals surface area contributed by atoms with Gasteiger partial charge in [-0.25, -0.2) is 4.98 Å². The monoisotopic (exact) mass is 362 g/mol. The van der Waals surface area contributed by atoms with Crippen LogP contribution in [0.3, 0.4) is 0 Å². The Kier molecular flexibility index (Phi) is 5.21. The number of carbonyl (C=O) groups excluding carboxylic acids is 2. The van der Waals surface area contributed by atoms with E-state index in [9.17, 15) is 9.59 Å².